The lowest BCUT2D eigenvalue weighted by atomic mass is 9.98. The summed E-state index contributed by atoms with van der Waals surface area (Å²) in [6.45, 7) is 1.84. The van der Waals surface area contributed by atoms with Gasteiger partial charge in [0.2, 0.25) is 0 Å². The van der Waals surface area contributed by atoms with E-state index in [1.807, 2.05) is 13.0 Å². The summed E-state index contributed by atoms with van der Waals surface area (Å²) >= 11 is 0. The first-order valence-corrected chi connectivity index (χ1v) is 5.70. The van der Waals surface area contributed by atoms with E-state index in [0.29, 0.717) is 11.7 Å². The van der Waals surface area contributed by atoms with Gasteiger partial charge in [-0.15, -0.1) is 0 Å². The van der Waals surface area contributed by atoms with Crippen molar-refractivity contribution in [1.82, 2.24) is 9.97 Å². The Morgan fingerprint density at radius 3 is 2.75 bits per heavy atom. The lowest BCUT2D eigenvalue weighted by Crippen LogP contribution is -2.21. The Morgan fingerprint density at radius 2 is 2.06 bits per heavy atom. The zero-order valence-electron chi connectivity index (χ0n) is 9.44. The van der Waals surface area contributed by atoms with Crippen LogP contribution in [-0.4, -0.2) is 16.1 Å². The normalized spacial score (nSPS) is 16.8. The van der Waals surface area contributed by atoms with Crippen LogP contribution >= 0.6 is 0 Å². The lowest BCUT2D eigenvalue weighted by molar-refractivity contribution is 0.141. The second kappa shape index (κ2) is 4.93. The molecule has 84 valence electrons. The molecule has 2 rings (SSSR count). The minimum atomic E-state index is 0.224. The van der Waals surface area contributed by atoms with Gasteiger partial charge in [0.1, 0.15) is 17.9 Å². The molecule has 1 aliphatic carbocycles. The summed E-state index contributed by atoms with van der Waals surface area (Å²) in [6, 6.07) is 4.03. The third kappa shape index (κ3) is 2.69. The molecule has 4 nitrogen and oxygen atoms in total. The molecule has 1 aliphatic rings. The molecule has 0 radical (unpaired) electrons. The van der Waals surface area contributed by atoms with Crippen molar-refractivity contribution >= 4 is 0 Å². The Hall–Kier alpha value is -1.63. The third-order valence-corrected chi connectivity index (χ3v) is 2.77. The van der Waals surface area contributed by atoms with E-state index in [2.05, 4.69) is 9.97 Å². The topological polar surface area (TPSA) is 58.8 Å². The number of nitriles is 1. The highest BCUT2D eigenvalue weighted by Crippen LogP contribution is 2.21. The quantitative estimate of drug-likeness (QED) is 0.763. The minimum absolute atomic E-state index is 0.224. The van der Waals surface area contributed by atoms with Crippen molar-refractivity contribution in [3.63, 3.8) is 0 Å². The fourth-order valence-electron chi connectivity index (χ4n) is 1.98. The summed E-state index contributed by atoms with van der Waals surface area (Å²) < 4.78 is 5.71. The molecule has 4 heteroatoms. The summed E-state index contributed by atoms with van der Waals surface area (Å²) in [5, 5.41) is 8.80. The fourth-order valence-corrected chi connectivity index (χ4v) is 1.98. The molecule has 0 aliphatic heterocycles. The van der Waals surface area contributed by atoms with Crippen LogP contribution in [0, 0.1) is 18.3 Å². The Morgan fingerprint density at radius 1 is 1.31 bits per heavy atom. The van der Waals surface area contributed by atoms with Crippen molar-refractivity contribution in [3.8, 4) is 12.1 Å². The van der Waals surface area contributed by atoms with E-state index in [4.69, 9.17) is 10.00 Å². The molecule has 0 bridgehead atoms. The molecule has 1 aromatic rings. The Labute approximate surface area is 95.3 Å². The first-order valence-electron chi connectivity index (χ1n) is 5.70. The van der Waals surface area contributed by atoms with E-state index in [-0.39, 0.29) is 6.10 Å². The van der Waals surface area contributed by atoms with Gasteiger partial charge in [0.25, 0.3) is 0 Å². The van der Waals surface area contributed by atoms with Gasteiger partial charge >= 0.3 is 6.01 Å². The Kier molecular flexibility index (Phi) is 3.35. The number of hydrogen-bond acceptors (Lipinski definition) is 4. The van der Waals surface area contributed by atoms with E-state index in [9.17, 15) is 0 Å². The molecule has 0 amide bonds. The molecule has 1 heterocycles. The predicted octanol–water partition coefficient (Wildman–Crippen LogP) is 2.37. The number of rotatable bonds is 2. The standard InChI is InChI=1S/C12H15N3O/c1-9-7-10(8-13)15-12(14-9)16-11-5-3-2-4-6-11/h7,11H,2-6H2,1H3. The largest absolute Gasteiger partial charge is 0.460 e. The number of ether oxygens (including phenoxy) is 1. The van der Waals surface area contributed by atoms with Gasteiger partial charge in [-0.25, -0.2) is 4.98 Å². The average Bonchev–Trinajstić information content (AvgIpc) is 2.29. The predicted molar refractivity (Wildman–Crippen MR) is 59.0 cm³/mol. The van der Waals surface area contributed by atoms with Crippen molar-refractivity contribution in [2.75, 3.05) is 0 Å². The third-order valence-electron chi connectivity index (χ3n) is 2.77. The SMILES string of the molecule is Cc1cc(C#N)nc(OC2CCCCC2)n1. The van der Waals surface area contributed by atoms with Crippen LogP contribution < -0.4 is 4.74 Å². The van der Waals surface area contributed by atoms with Gasteiger partial charge < -0.3 is 4.74 Å². The second-order valence-electron chi connectivity index (χ2n) is 4.17. The molecule has 0 spiro atoms. The summed E-state index contributed by atoms with van der Waals surface area (Å²) in [5.41, 5.74) is 1.15. The van der Waals surface area contributed by atoms with Crippen LogP contribution in [-0.2, 0) is 0 Å². The summed E-state index contributed by atoms with van der Waals surface area (Å²) in [4.78, 5) is 8.24. The molecule has 0 unspecified atom stereocenters. The summed E-state index contributed by atoms with van der Waals surface area (Å²) in [7, 11) is 0. The van der Waals surface area contributed by atoms with Crippen LogP contribution in [0.2, 0.25) is 0 Å². The first-order chi connectivity index (χ1) is 7.78. The fraction of sp³-hybridized carbons (Fsp3) is 0.583. The van der Waals surface area contributed by atoms with Crippen LogP contribution in [0.25, 0.3) is 0 Å². The summed E-state index contributed by atoms with van der Waals surface area (Å²) in [5.74, 6) is 0. The number of aromatic nitrogens is 2. The van der Waals surface area contributed by atoms with Crippen LogP contribution in [0.3, 0.4) is 0 Å². The van der Waals surface area contributed by atoms with E-state index in [1.54, 1.807) is 6.07 Å². The number of hydrogen-bond donors (Lipinski definition) is 0. The monoisotopic (exact) mass is 217 g/mol. The van der Waals surface area contributed by atoms with Gasteiger partial charge in [0.15, 0.2) is 0 Å². The van der Waals surface area contributed by atoms with E-state index >= 15 is 0 Å². The van der Waals surface area contributed by atoms with Crippen molar-refractivity contribution in [3.05, 3.63) is 17.5 Å². The first kappa shape index (κ1) is 10.9. The molecule has 1 saturated carbocycles. The minimum Gasteiger partial charge on any atom is -0.460 e. The summed E-state index contributed by atoms with van der Waals surface area (Å²) in [6.07, 6.45) is 6.07. The smallest absolute Gasteiger partial charge is 0.318 e. The molecule has 1 aromatic heterocycles. The zero-order valence-corrected chi connectivity index (χ0v) is 9.44. The van der Waals surface area contributed by atoms with Gasteiger partial charge in [0, 0.05) is 5.69 Å². The molecule has 16 heavy (non-hydrogen) atoms. The second-order valence-corrected chi connectivity index (χ2v) is 4.17. The molecular formula is C12H15N3O. The average molecular weight is 217 g/mol. The van der Waals surface area contributed by atoms with Gasteiger partial charge in [-0.1, -0.05) is 6.42 Å². The van der Waals surface area contributed by atoms with Crippen LogP contribution in [0.4, 0.5) is 0 Å². The maximum absolute atomic E-state index is 8.80. The molecule has 0 atom stereocenters. The van der Waals surface area contributed by atoms with Gasteiger partial charge in [0.05, 0.1) is 0 Å². The maximum atomic E-state index is 8.80. The van der Waals surface area contributed by atoms with Crippen LogP contribution in [0.1, 0.15) is 43.5 Å². The number of nitrogens with zero attached hydrogens (tertiary/aromatic N) is 3. The Balaban J connectivity index is 2.08. The molecule has 0 N–H and O–H groups in total. The highest BCUT2D eigenvalue weighted by Gasteiger charge is 2.16. The molecule has 0 aromatic carbocycles. The number of aryl methyl sites for hydroxylation is 1. The highest BCUT2D eigenvalue weighted by molar-refractivity contribution is 5.23. The van der Waals surface area contributed by atoms with E-state index in [0.717, 1.165) is 18.5 Å². The van der Waals surface area contributed by atoms with E-state index in [1.165, 1.54) is 19.3 Å². The van der Waals surface area contributed by atoms with Gasteiger partial charge in [-0.3, -0.25) is 0 Å². The molecular weight excluding hydrogens is 202 g/mol. The molecule has 1 fully saturated rings. The lowest BCUT2D eigenvalue weighted by Gasteiger charge is -2.21. The van der Waals surface area contributed by atoms with Crippen molar-refractivity contribution in [2.45, 2.75) is 45.1 Å². The van der Waals surface area contributed by atoms with Crippen molar-refractivity contribution in [1.29, 1.82) is 5.26 Å². The van der Waals surface area contributed by atoms with Gasteiger partial charge in [-0.2, -0.15) is 10.2 Å². The molecule has 0 saturated heterocycles. The van der Waals surface area contributed by atoms with E-state index < -0.39 is 0 Å². The van der Waals surface area contributed by atoms with Crippen LogP contribution in [0.15, 0.2) is 6.07 Å². The zero-order chi connectivity index (χ0) is 11.4. The van der Waals surface area contributed by atoms with Crippen molar-refractivity contribution < 1.29 is 4.74 Å². The van der Waals surface area contributed by atoms with Crippen LogP contribution in [0.5, 0.6) is 6.01 Å². The van der Waals surface area contributed by atoms with Gasteiger partial charge in [-0.05, 0) is 38.7 Å². The Bertz CT molecular complexity index is 405. The van der Waals surface area contributed by atoms with Crippen molar-refractivity contribution in [2.24, 2.45) is 0 Å². The maximum Gasteiger partial charge on any atom is 0.318 e. The highest BCUT2D eigenvalue weighted by atomic mass is 16.5.